The predicted molar refractivity (Wildman–Crippen MR) is 67.8 cm³/mol. The summed E-state index contributed by atoms with van der Waals surface area (Å²) in [7, 11) is 0. The minimum atomic E-state index is 0.533. The van der Waals surface area contributed by atoms with E-state index in [2.05, 4.69) is 45.0 Å². The van der Waals surface area contributed by atoms with Crippen LogP contribution in [0.2, 0.25) is 5.02 Å². The third kappa shape index (κ3) is 1.74. The van der Waals surface area contributed by atoms with Gasteiger partial charge in [0.2, 0.25) is 0 Å². The molecule has 0 radical (unpaired) electrons. The van der Waals surface area contributed by atoms with E-state index in [1.165, 1.54) is 21.9 Å². The number of benzene rings is 2. The Balaban J connectivity index is 2.88. The first-order chi connectivity index (χ1) is 7.11. The van der Waals surface area contributed by atoms with Crippen molar-refractivity contribution in [2.45, 2.75) is 26.7 Å². The summed E-state index contributed by atoms with van der Waals surface area (Å²) < 4.78 is 0. The number of hydrogen-bond acceptors (Lipinski definition) is 0. The molecule has 2 aromatic carbocycles. The van der Waals surface area contributed by atoms with Crippen molar-refractivity contribution in [2.75, 3.05) is 0 Å². The smallest absolute Gasteiger partial charge is 0.0441 e. The number of rotatable bonds is 1. The van der Waals surface area contributed by atoms with Crippen molar-refractivity contribution < 1.29 is 0 Å². The molecule has 0 aliphatic rings. The van der Waals surface area contributed by atoms with Crippen LogP contribution >= 0.6 is 11.6 Å². The summed E-state index contributed by atoms with van der Waals surface area (Å²) in [5.74, 6) is 0.533. The fourth-order valence-electron chi connectivity index (χ4n) is 2.05. The summed E-state index contributed by atoms with van der Waals surface area (Å²) >= 11 is 6.16. The summed E-state index contributed by atoms with van der Waals surface area (Å²) in [4.78, 5) is 0. The largest absolute Gasteiger partial charge is 0.0840 e. The molecule has 0 aromatic heterocycles. The first-order valence-corrected chi connectivity index (χ1v) is 5.67. The highest BCUT2D eigenvalue weighted by molar-refractivity contribution is 6.32. The van der Waals surface area contributed by atoms with Gasteiger partial charge < -0.3 is 0 Å². The van der Waals surface area contributed by atoms with E-state index in [0.717, 1.165) is 5.02 Å². The second-order valence-electron chi connectivity index (χ2n) is 4.27. The molecule has 0 nitrogen and oxygen atoms in total. The van der Waals surface area contributed by atoms with E-state index in [4.69, 9.17) is 11.6 Å². The topological polar surface area (TPSA) is 0 Å². The Kier molecular flexibility index (Phi) is 2.70. The summed E-state index contributed by atoms with van der Waals surface area (Å²) in [5, 5.41) is 3.46. The number of halogens is 1. The van der Waals surface area contributed by atoms with Gasteiger partial charge in [-0.05, 0) is 40.8 Å². The zero-order valence-electron chi connectivity index (χ0n) is 9.34. The molecule has 0 amide bonds. The van der Waals surface area contributed by atoms with Crippen LogP contribution < -0.4 is 0 Å². The number of aryl methyl sites for hydroxylation is 1. The van der Waals surface area contributed by atoms with Crippen molar-refractivity contribution in [1.29, 1.82) is 0 Å². The van der Waals surface area contributed by atoms with Gasteiger partial charge in [-0.25, -0.2) is 0 Å². The minimum Gasteiger partial charge on any atom is -0.0840 e. The van der Waals surface area contributed by atoms with Gasteiger partial charge in [0.1, 0.15) is 0 Å². The van der Waals surface area contributed by atoms with Crippen LogP contribution in [0.15, 0.2) is 30.3 Å². The molecule has 0 bridgehead atoms. The second-order valence-corrected chi connectivity index (χ2v) is 4.68. The van der Waals surface area contributed by atoms with Crippen molar-refractivity contribution in [3.8, 4) is 0 Å². The van der Waals surface area contributed by atoms with Crippen LogP contribution in [0.1, 0.15) is 30.9 Å². The molecule has 0 saturated carbocycles. The molecular weight excluding hydrogens is 204 g/mol. The van der Waals surface area contributed by atoms with Crippen molar-refractivity contribution in [3.05, 3.63) is 46.5 Å². The third-order valence-corrected chi connectivity index (χ3v) is 3.30. The molecule has 0 saturated heterocycles. The lowest BCUT2D eigenvalue weighted by Gasteiger charge is -2.13. The standard InChI is InChI=1S/C14H15Cl/c1-9(2)12-6-4-5-11-7-8-13(15)10(3)14(11)12/h4-9H,1-3H3. The van der Waals surface area contributed by atoms with Crippen molar-refractivity contribution in [2.24, 2.45) is 0 Å². The van der Waals surface area contributed by atoms with Gasteiger partial charge in [0.25, 0.3) is 0 Å². The Morgan fingerprint density at radius 3 is 2.47 bits per heavy atom. The van der Waals surface area contributed by atoms with Crippen LogP contribution in [-0.2, 0) is 0 Å². The summed E-state index contributed by atoms with van der Waals surface area (Å²) in [6.07, 6.45) is 0. The summed E-state index contributed by atoms with van der Waals surface area (Å²) in [6.45, 7) is 6.53. The zero-order chi connectivity index (χ0) is 11.0. The van der Waals surface area contributed by atoms with E-state index in [1.54, 1.807) is 0 Å². The maximum Gasteiger partial charge on any atom is 0.0441 e. The van der Waals surface area contributed by atoms with E-state index in [1.807, 2.05) is 6.07 Å². The van der Waals surface area contributed by atoms with E-state index in [-0.39, 0.29) is 0 Å². The highest BCUT2D eigenvalue weighted by Crippen LogP contribution is 2.31. The minimum absolute atomic E-state index is 0.533. The van der Waals surface area contributed by atoms with E-state index in [9.17, 15) is 0 Å². The van der Waals surface area contributed by atoms with Crippen LogP contribution in [0.5, 0.6) is 0 Å². The molecule has 0 atom stereocenters. The molecule has 78 valence electrons. The van der Waals surface area contributed by atoms with Gasteiger partial charge in [0.15, 0.2) is 0 Å². The van der Waals surface area contributed by atoms with Crippen LogP contribution in [0.4, 0.5) is 0 Å². The van der Waals surface area contributed by atoms with Crippen molar-refractivity contribution in [3.63, 3.8) is 0 Å². The highest BCUT2D eigenvalue weighted by Gasteiger charge is 2.08. The monoisotopic (exact) mass is 218 g/mol. The SMILES string of the molecule is Cc1c(Cl)ccc2cccc(C(C)C)c12. The quantitative estimate of drug-likeness (QED) is 0.637. The van der Waals surface area contributed by atoms with Gasteiger partial charge in [0.05, 0.1) is 0 Å². The Hall–Kier alpha value is -1.01. The van der Waals surface area contributed by atoms with E-state index in [0.29, 0.717) is 5.92 Å². The normalized spacial score (nSPS) is 11.3. The predicted octanol–water partition coefficient (Wildman–Crippen LogP) is 4.93. The van der Waals surface area contributed by atoms with Gasteiger partial charge in [-0.2, -0.15) is 0 Å². The average molecular weight is 219 g/mol. The van der Waals surface area contributed by atoms with Crippen molar-refractivity contribution in [1.82, 2.24) is 0 Å². The molecule has 0 aliphatic heterocycles. The fraction of sp³-hybridized carbons (Fsp3) is 0.286. The van der Waals surface area contributed by atoms with E-state index >= 15 is 0 Å². The number of hydrogen-bond donors (Lipinski definition) is 0. The molecular formula is C14H15Cl. The average Bonchev–Trinajstić information content (AvgIpc) is 2.23. The maximum absolute atomic E-state index is 6.16. The molecule has 0 spiro atoms. The number of fused-ring (bicyclic) bond motifs is 1. The molecule has 2 aromatic rings. The molecule has 0 heterocycles. The Morgan fingerprint density at radius 1 is 1.07 bits per heavy atom. The lowest BCUT2D eigenvalue weighted by atomic mass is 9.93. The van der Waals surface area contributed by atoms with Gasteiger partial charge in [-0.3, -0.25) is 0 Å². The third-order valence-electron chi connectivity index (χ3n) is 2.89. The van der Waals surface area contributed by atoms with Crippen LogP contribution in [0.25, 0.3) is 10.8 Å². The molecule has 2 rings (SSSR count). The molecule has 0 aliphatic carbocycles. The molecule has 0 N–H and O–H groups in total. The Bertz CT molecular complexity index is 498. The zero-order valence-corrected chi connectivity index (χ0v) is 10.1. The highest BCUT2D eigenvalue weighted by atomic mass is 35.5. The van der Waals surface area contributed by atoms with Gasteiger partial charge in [-0.1, -0.05) is 49.7 Å². The summed E-state index contributed by atoms with van der Waals surface area (Å²) in [6, 6.07) is 10.5. The summed E-state index contributed by atoms with van der Waals surface area (Å²) in [5.41, 5.74) is 2.57. The van der Waals surface area contributed by atoms with Gasteiger partial charge in [-0.15, -0.1) is 0 Å². The van der Waals surface area contributed by atoms with Gasteiger partial charge >= 0.3 is 0 Å². The van der Waals surface area contributed by atoms with Crippen LogP contribution in [0, 0.1) is 6.92 Å². The lowest BCUT2D eigenvalue weighted by molar-refractivity contribution is 0.875. The second kappa shape index (κ2) is 3.86. The Morgan fingerprint density at radius 2 is 1.80 bits per heavy atom. The first-order valence-electron chi connectivity index (χ1n) is 5.29. The first kappa shape index (κ1) is 10.5. The molecule has 1 heteroatoms. The van der Waals surface area contributed by atoms with E-state index < -0.39 is 0 Å². The molecule has 0 fully saturated rings. The fourth-order valence-corrected chi connectivity index (χ4v) is 2.21. The van der Waals surface area contributed by atoms with Crippen LogP contribution in [0.3, 0.4) is 0 Å². The van der Waals surface area contributed by atoms with Crippen molar-refractivity contribution >= 4 is 22.4 Å². The van der Waals surface area contributed by atoms with Crippen LogP contribution in [-0.4, -0.2) is 0 Å². The molecule has 0 unspecified atom stereocenters. The lowest BCUT2D eigenvalue weighted by Crippen LogP contribution is -1.91. The molecule has 15 heavy (non-hydrogen) atoms. The Labute approximate surface area is 95.9 Å². The van der Waals surface area contributed by atoms with Gasteiger partial charge in [0, 0.05) is 5.02 Å². The maximum atomic E-state index is 6.16.